The molecular weight excluding hydrogens is 587 g/mol. The Morgan fingerprint density at radius 1 is 0.933 bits per heavy atom. The van der Waals surface area contributed by atoms with Crippen molar-refractivity contribution >= 4 is 34.4 Å². The number of oxime groups is 1. The fourth-order valence-electron chi connectivity index (χ4n) is 6.38. The third-order valence-corrected chi connectivity index (χ3v) is 9.12. The van der Waals surface area contributed by atoms with Crippen molar-refractivity contribution in [2.45, 2.75) is 30.9 Å². The summed E-state index contributed by atoms with van der Waals surface area (Å²) in [5.41, 5.74) is 2.15. The fraction of sp³-hybridized carbons (Fsp3) is 0.216. The molecule has 0 radical (unpaired) electrons. The molecule has 2 heterocycles. The number of pyridine rings is 1. The van der Waals surface area contributed by atoms with Gasteiger partial charge in [0, 0.05) is 42.0 Å². The van der Waals surface area contributed by atoms with E-state index in [9.17, 15) is 10.1 Å². The molecule has 0 spiro atoms. The van der Waals surface area contributed by atoms with Crippen molar-refractivity contribution < 1.29 is 9.23 Å². The van der Waals surface area contributed by atoms with Crippen LogP contribution in [0.3, 0.4) is 0 Å². The Bertz CT molecular complexity index is 1890. The van der Waals surface area contributed by atoms with Gasteiger partial charge in [0.05, 0.1) is 45.4 Å². The molecule has 2 fully saturated rings. The molecule has 1 atom stereocenters. The van der Waals surface area contributed by atoms with Crippen molar-refractivity contribution in [3.63, 3.8) is 0 Å². The molecule has 8 heteroatoms. The maximum absolute atomic E-state index is 15.7. The van der Waals surface area contributed by atoms with Crippen LogP contribution in [0.5, 0.6) is 0 Å². The normalized spacial score (nSPS) is 16.7. The molecular formula is C37H30ClFN4O2. The number of rotatable bonds is 8. The highest BCUT2D eigenvalue weighted by Crippen LogP contribution is 2.43. The van der Waals surface area contributed by atoms with Gasteiger partial charge in [-0.1, -0.05) is 108 Å². The van der Waals surface area contributed by atoms with Gasteiger partial charge in [0.1, 0.15) is 5.82 Å². The van der Waals surface area contributed by atoms with Crippen molar-refractivity contribution in [1.82, 2.24) is 4.57 Å². The standard InChI is InChI=1S/C37H30ClFN4O2/c38-33-34-31(20-32(39)35(33)42-19-18-25(21-40)23-42)36(44)26(24-43(34)30-16-17-30)22-41-45-37(27-10-4-1-5-11-27,28-12-6-2-7-13-28)29-14-8-3-9-15-29/h1-15,20,22,24-25,30H,16-19,23H2/b41-22+. The Kier molecular flexibility index (Phi) is 7.60. The maximum Gasteiger partial charge on any atom is 0.212 e. The zero-order valence-corrected chi connectivity index (χ0v) is 25.2. The lowest BCUT2D eigenvalue weighted by Gasteiger charge is -2.33. The van der Waals surface area contributed by atoms with E-state index < -0.39 is 11.4 Å². The van der Waals surface area contributed by atoms with Gasteiger partial charge >= 0.3 is 0 Å². The molecule has 1 saturated carbocycles. The molecule has 1 saturated heterocycles. The second-order valence-electron chi connectivity index (χ2n) is 11.6. The largest absolute Gasteiger partial charge is 0.375 e. The first-order valence-corrected chi connectivity index (χ1v) is 15.5. The van der Waals surface area contributed by atoms with Gasteiger partial charge in [0.25, 0.3) is 0 Å². The van der Waals surface area contributed by atoms with Crippen LogP contribution < -0.4 is 10.3 Å². The van der Waals surface area contributed by atoms with Gasteiger partial charge in [0.15, 0.2) is 5.43 Å². The number of nitriles is 1. The van der Waals surface area contributed by atoms with E-state index in [4.69, 9.17) is 16.4 Å². The van der Waals surface area contributed by atoms with Crippen LogP contribution in [0.4, 0.5) is 10.1 Å². The molecule has 224 valence electrons. The van der Waals surface area contributed by atoms with E-state index in [2.05, 4.69) is 11.2 Å². The maximum atomic E-state index is 15.7. The first-order valence-electron chi connectivity index (χ1n) is 15.1. The van der Waals surface area contributed by atoms with Crippen molar-refractivity contribution in [2.24, 2.45) is 11.1 Å². The molecule has 5 aromatic rings. The van der Waals surface area contributed by atoms with Gasteiger partial charge in [-0.15, -0.1) is 0 Å². The summed E-state index contributed by atoms with van der Waals surface area (Å²) in [6.45, 7) is 0.933. The fourth-order valence-corrected chi connectivity index (χ4v) is 6.79. The predicted octanol–water partition coefficient (Wildman–Crippen LogP) is 7.82. The van der Waals surface area contributed by atoms with E-state index >= 15 is 4.39 Å². The van der Waals surface area contributed by atoms with E-state index in [1.54, 1.807) is 6.20 Å². The van der Waals surface area contributed by atoms with E-state index in [0.717, 1.165) is 29.5 Å². The van der Waals surface area contributed by atoms with Gasteiger partial charge in [0.2, 0.25) is 5.60 Å². The highest BCUT2D eigenvalue weighted by atomic mass is 35.5. The second kappa shape index (κ2) is 11.9. The molecule has 0 bridgehead atoms. The Morgan fingerprint density at radius 3 is 2.02 bits per heavy atom. The molecule has 0 N–H and O–H groups in total. The number of anilines is 1. The van der Waals surface area contributed by atoms with E-state index in [1.807, 2.05) is 100 Å². The van der Waals surface area contributed by atoms with Crippen LogP contribution in [0.15, 0.2) is 113 Å². The molecule has 6 nitrogen and oxygen atoms in total. The summed E-state index contributed by atoms with van der Waals surface area (Å²) in [6.07, 6.45) is 5.66. The summed E-state index contributed by atoms with van der Waals surface area (Å²) in [5, 5.41) is 14.2. The lowest BCUT2D eigenvalue weighted by molar-refractivity contribution is 0.0183. The number of halogens is 2. The number of hydrogen-bond donors (Lipinski definition) is 0. The van der Waals surface area contributed by atoms with Crippen LogP contribution in [0.2, 0.25) is 5.02 Å². The third kappa shape index (κ3) is 5.15. The SMILES string of the molecule is N#CC1CCN(c2c(F)cc3c(=O)c(/C=N/OC(c4ccccc4)(c4ccccc4)c4ccccc4)cn(C4CC4)c3c2Cl)C1. The van der Waals surface area contributed by atoms with Crippen molar-refractivity contribution in [1.29, 1.82) is 5.26 Å². The average molecular weight is 617 g/mol. The number of aromatic nitrogens is 1. The third-order valence-electron chi connectivity index (χ3n) is 8.76. The smallest absolute Gasteiger partial charge is 0.212 e. The molecule has 1 aromatic heterocycles. The molecule has 45 heavy (non-hydrogen) atoms. The predicted molar refractivity (Wildman–Crippen MR) is 175 cm³/mol. The number of nitrogens with zero attached hydrogens (tertiary/aromatic N) is 4. The quantitative estimate of drug-likeness (QED) is 0.101. The van der Waals surface area contributed by atoms with Crippen LogP contribution >= 0.6 is 11.6 Å². The molecule has 2 aliphatic rings. The van der Waals surface area contributed by atoms with Crippen LogP contribution in [0.25, 0.3) is 10.9 Å². The lowest BCUT2D eigenvalue weighted by atomic mass is 9.80. The minimum Gasteiger partial charge on any atom is -0.375 e. The van der Waals surface area contributed by atoms with Crippen LogP contribution in [0, 0.1) is 23.1 Å². The van der Waals surface area contributed by atoms with Gasteiger partial charge < -0.3 is 14.3 Å². The molecule has 1 aliphatic carbocycles. The summed E-state index contributed by atoms with van der Waals surface area (Å²) < 4.78 is 17.7. The summed E-state index contributed by atoms with van der Waals surface area (Å²) in [4.78, 5) is 22.2. The van der Waals surface area contributed by atoms with Crippen molar-refractivity contribution in [2.75, 3.05) is 18.0 Å². The Balaban J connectivity index is 1.34. The zero-order valence-electron chi connectivity index (χ0n) is 24.4. The van der Waals surface area contributed by atoms with Gasteiger partial charge in [-0.25, -0.2) is 4.39 Å². The Labute approximate surface area is 265 Å². The number of benzene rings is 4. The van der Waals surface area contributed by atoms with Crippen molar-refractivity contribution in [3.8, 4) is 6.07 Å². The Hall–Kier alpha value is -4.93. The summed E-state index contributed by atoms with van der Waals surface area (Å²) in [5.74, 6) is -0.762. The first-order chi connectivity index (χ1) is 22.0. The lowest BCUT2D eigenvalue weighted by Crippen LogP contribution is -2.31. The molecule has 7 rings (SSSR count). The second-order valence-corrected chi connectivity index (χ2v) is 12.0. The van der Waals surface area contributed by atoms with Crippen LogP contribution in [-0.2, 0) is 10.4 Å². The molecule has 4 aromatic carbocycles. The average Bonchev–Trinajstić information content (AvgIpc) is 3.82. The molecule has 1 aliphatic heterocycles. The van der Waals surface area contributed by atoms with E-state index in [-0.39, 0.29) is 39.0 Å². The van der Waals surface area contributed by atoms with Crippen LogP contribution in [-0.4, -0.2) is 23.9 Å². The van der Waals surface area contributed by atoms with Gasteiger partial charge in [-0.3, -0.25) is 4.79 Å². The minimum absolute atomic E-state index is 0.138. The highest BCUT2D eigenvalue weighted by molar-refractivity contribution is 6.38. The van der Waals surface area contributed by atoms with Gasteiger partial charge in [-0.05, 0) is 25.3 Å². The Morgan fingerprint density at radius 2 is 1.51 bits per heavy atom. The topological polar surface area (TPSA) is 70.6 Å². The summed E-state index contributed by atoms with van der Waals surface area (Å²) in [6, 6.07) is 33.2. The number of hydrogen-bond acceptors (Lipinski definition) is 5. The molecule has 0 amide bonds. The van der Waals surface area contributed by atoms with Crippen LogP contribution in [0.1, 0.15) is 47.6 Å². The number of fused-ring (bicyclic) bond motifs is 1. The minimum atomic E-state index is -1.10. The van der Waals surface area contributed by atoms with Crippen molar-refractivity contribution in [3.05, 3.63) is 147 Å². The van der Waals surface area contributed by atoms with Gasteiger partial charge in [-0.2, -0.15) is 5.26 Å². The zero-order chi connectivity index (χ0) is 31.0. The first kappa shape index (κ1) is 28.8. The highest BCUT2D eigenvalue weighted by Gasteiger charge is 2.39. The summed E-state index contributed by atoms with van der Waals surface area (Å²) >= 11 is 6.90. The summed E-state index contributed by atoms with van der Waals surface area (Å²) in [7, 11) is 0. The molecule has 1 unspecified atom stereocenters. The van der Waals surface area contributed by atoms with E-state index in [1.165, 1.54) is 12.3 Å². The monoisotopic (exact) mass is 616 g/mol. The van der Waals surface area contributed by atoms with E-state index in [0.29, 0.717) is 25.0 Å².